The lowest BCUT2D eigenvalue weighted by atomic mass is 10.00. The molecule has 31 heavy (non-hydrogen) atoms. The van der Waals surface area contributed by atoms with Crippen LogP contribution in [0.15, 0.2) is 36.4 Å². The molecule has 0 radical (unpaired) electrons. The molecule has 0 saturated carbocycles. The molecule has 7 heteroatoms. The number of anilines is 2. The van der Waals surface area contributed by atoms with Crippen LogP contribution in [0.5, 0.6) is 5.75 Å². The minimum Gasteiger partial charge on any atom is -0.492 e. The van der Waals surface area contributed by atoms with Gasteiger partial charge in [-0.1, -0.05) is 0 Å². The van der Waals surface area contributed by atoms with Gasteiger partial charge in [0.25, 0.3) is 5.91 Å². The van der Waals surface area contributed by atoms with Crippen molar-refractivity contribution in [3.63, 3.8) is 0 Å². The van der Waals surface area contributed by atoms with Crippen LogP contribution in [0.3, 0.4) is 0 Å². The lowest BCUT2D eigenvalue weighted by Gasteiger charge is -2.26. The number of amides is 1. The lowest BCUT2D eigenvalue weighted by Crippen LogP contribution is -2.38. The van der Waals surface area contributed by atoms with E-state index in [4.69, 9.17) is 14.2 Å². The second-order valence-corrected chi connectivity index (χ2v) is 8.19. The maximum Gasteiger partial charge on any atom is 0.260 e. The van der Waals surface area contributed by atoms with Crippen LogP contribution in [-0.2, 0) is 20.9 Å². The van der Waals surface area contributed by atoms with Gasteiger partial charge < -0.3 is 24.4 Å². The zero-order valence-electron chi connectivity index (χ0n) is 17.9. The van der Waals surface area contributed by atoms with Gasteiger partial charge in [-0.2, -0.15) is 0 Å². The van der Waals surface area contributed by atoms with Gasteiger partial charge in [0.05, 0.1) is 18.8 Å². The second-order valence-electron chi connectivity index (χ2n) is 8.19. The average molecular weight is 421 g/mol. The van der Waals surface area contributed by atoms with Gasteiger partial charge >= 0.3 is 0 Å². The third-order valence-corrected chi connectivity index (χ3v) is 5.96. The van der Waals surface area contributed by atoms with Crippen molar-refractivity contribution >= 4 is 28.6 Å². The molecule has 0 aliphatic carbocycles. The maximum absolute atomic E-state index is 12.8. The molecule has 0 bridgehead atoms. The largest absolute Gasteiger partial charge is 0.492 e. The quantitative estimate of drug-likeness (QED) is 0.749. The minimum atomic E-state index is -0.125. The zero-order chi connectivity index (χ0) is 21.4. The summed E-state index contributed by atoms with van der Waals surface area (Å²) in [5.74, 6) is 1.34. The van der Waals surface area contributed by atoms with E-state index in [1.165, 1.54) is 0 Å². The molecule has 0 spiro atoms. The molecule has 1 saturated heterocycles. The molecule has 2 aromatic carbocycles. The first-order chi connectivity index (χ1) is 15.1. The fourth-order valence-electron chi connectivity index (χ4n) is 4.21. The number of nitrogens with one attached hydrogen (secondary N) is 1. The Morgan fingerprint density at radius 2 is 1.94 bits per heavy atom. The predicted octanol–water partition coefficient (Wildman–Crippen LogP) is 2.81. The summed E-state index contributed by atoms with van der Waals surface area (Å²) in [6.45, 7) is 5.45. The minimum absolute atomic E-state index is 0.125. The van der Waals surface area contributed by atoms with Crippen molar-refractivity contribution in [2.24, 2.45) is 0 Å². The van der Waals surface area contributed by atoms with Crippen LogP contribution in [0.4, 0.5) is 11.4 Å². The number of hydrogen-bond donors (Lipinski definition) is 1. The number of rotatable bonds is 5. The average Bonchev–Trinajstić information content (AvgIpc) is 3.33. The predicted molar refractivity (Wildman–Crippen MR) is 120 cm³/mol. The van der Waals surface area contributed by atoms with Crippen molar-refractivity contribution in [3.8, 4) is 5.75 Å². The van der Waals surface area contributed by atoms with E-state index < -0.39 is 0 Å². The molecule has 0 aromatic heterocycles. The molecule has 3 aliphatic rings. The Morgan fingerprint density at radius 1 is 1.10 bits per heavy atom. The molecule has 7 nitrogen and oxygen atoms in total. The number of ether oxygens (including phenoxy) is 3. The molecule has 1 amide bonds. The Kier molecular flexibility index (Phi) is 5.29. The van der Waals surface area contributed by atoms with Gasteiger partial charge in [-0.15, -0.1) is 0 Å². The van der Waals surface area contributed by atoms with Crippen LogP contribution < -0.4 is 15.0 Å². The summed E-state index contributed by atoms with van der Waals surface area (Å²) in [4.78, 5) is 17.1. The summed E-state index contributed by atoms with van der Waals surface area (Å²) < 4.78 is 17.4. The summed E-state index contributed by atoms with van der Waals surface area (Å²) in [7, 11) is 3.97. The molecule has 3 heterocycles. The highest BCUT2D eigenvalue weighted by Gasteiger charge is 2.33. The van der Waals surface area contributed by atoms with Crippen molar-refractivity contribution in [1.29, 1.82) is 0 Å². The highest BCUT2D eigenvalue weighted by Crippen LogP contribution is 2.43. The number of morpholine rings is 1. The van der Waals surface area contributed by atoms with Crippen LogP contribution in [0.25, 0.3) is 11.3 Å². The van der Waals surface area contributed by atoms with Crippen molar-refractivity contribution in [1.82, 2.24) is 4.90 Å². The van der Waals surface area contributed by atoms with E-state index in [1.54, 1.807) is 0 Å². The smallest absolute Gasteiger partial charge is 0.260 e. The Balaban J connectivity index is 1.37. The Morgan fingerprint density at radius 3 is 2.74 bits per heavy atom. The monoisotopic (exact) mass is 421 g/mol. The molecular formula is C24H27N3O4. The van der Waals surface area contributed by atoms with E-state index in [2.05, 4.69) is 10.2 Å². The SMILES string of the molecule is CN(C)c1ccc2c(c1)/C(=C1\OCc3cc(OCCN4CCOCC4)ccc31)C(=O)N2. The number of benzene rings is 2. The number of fused-ring (bicyclic) bond motifs is 2. The molecule has 2 aromatic rings. The molecule has 5 rings (SSSR count). The molecule has 1 fully saturated rings. The Hall–Kier alpha value is -3.03. The van der Waals surface area contributed by atoms with E-state index in [-0.39, 0.29) is 5.91 Å². The Labute approximate surface area is 182 Å². The normalized spacial score (nSPS) is 20.1. The van der Waals surface area contributed by atoms with Crippen LogP contribution >= 0.6 is 0 Å². The molecular weight excluding hydrogens is 394 g/mol. The maximum atomic E-state index is 12.8. The summed E-state index contributed by atoms with van der Waals surface area (Å²) in [5, 5.41) is 2.96. The number of nitrogens with zero attached hydrogens (tertiary/aromatic N) is 2. The summed E-state index contributed by atoms with van der Waals surface area (Å²) in [5.41, 5.74) is 5.32. The van der Waals surface area contributed by atoms with E-state index in [0.29, 0.717) is 24.5 Å². The van der Waals surface area contributed by atoms with Gasteiger partial charge in [0.1, 0.15) is 24.7 Å². The number of hydrogen-bond acceptors (Lipinski definition) is 6. The van der Waals surface area contributed by atoms with Crippen molar-refractivity contribution < 1.29 is 19.0 Å². The first kappa shape index (κ1) is 19.9. The van der Waals surface area contributed by atoms with E-state index in [9.17, 15) is 4.79 Å². The number of carbonyl (C=O) groups excluding carboxylic acids is 1. The number of carbonyl (C=O) groups is 1. The summed E-state index contributed by atoms with van der Waals surface area (Å²) in [6, 6.07) is 11.9. The highest BCUT2D eigenvalue weighted by molar-refractivity contribution is 6.36. The van der Waals surface area contributed by atoms with Crippen molar-refractivity contribution in [2.45, 2.75) is 6.61 Å². The van der Waals surface area contributed by atoms with Gasteiger partial charge in [0.2, 0.25) is 0 Å². The first-order valence-electron chi connectivity index (χ1n) is 10.7. The van der Waals surface area contributed by atoms with Gasteiger partial charge in [0.15, 0.2) is 0 Å². The van der Waals surface area contributed by atoms with Crippen molar-refractivity contribution in [3.05, 3.63) is 53.1 Å². The van der Waals surface area contributed by atoms with Gasteiger partial charge in [0, 0.05) is 61.8 Å². The third kappa shape index (κ3) is 3.86. The van der Waals surface area contributed by atoms with Crippen molar-refractivity contribution in [2.75, 3.05) is 63.8 Å². The van der Waals surface area contributed by atoms with Gasteiger partial charge in [-0.05, 0) is 36.4 Å². The Bertz CT molecular complexity index is 1040. The lowest BCUT2D eigenvalue weighted by molar-refractivity contribution is -0.110. The summed E-state index contributed by atoms with van der Waals surface area (Å²) >= 11 is 0. The topological polar surface area (TPSA) is 63.3 Å². The van der Waals surface area contributed by atoms with E-state index >= 15 is 0 Å². The second kappa shape index (κ2) is 8.24. The zero-order valence-corrected chi connectivity index (χ0v) is 17.9. The first-order valence-corrected chi connectivity index (χ1v) is 10.7. The molecule has 1 N–H and O–H groups in total. The fraction of sp³-hybridized carbons (Fsp3) is 0.375. The van der Waals surface area contributed by atoms with Crippen LogP contribution in [0.2, 0.25) is 0 Å². The van der Waals surface area contributed by atoms with Gasteiger partial charge in [-0.3, -0.25) is 9.69 Å². The standard InChI is InChI=1S/C24H27N3O4/c1-26(2)17-3-6-21-20(14-17)22(24(28)25-21)23-19-5-4-18(13-16(19)15-31-23)30-12-9-27-7-10-29-11-8-27/h3-6,13-14H,7-12,15H2,1-2H3,(H,25,28)/b23-22+. The molecule has 0 unspecified atom stereocenters. The third-order valence-electron chi connectivity index (χ3n) is 5.96. The molecule has 162 valence electrons. The van der Waals surface area contributed by atoms with Crippen LogP contribution in [0.1, 0.15) is 16.7 Å². The highest BCUT2D eigenvalue weighted by atomic mass is 16.5. The summed E-state index contributed by atoms with van der Waals surface area (Å²) in [6.07, 6.45) is 0. The van der Waals surface area contributed by atoms with E-state index in [1.807, 2.05) is 55.4 Å². The molecule has 3 aliphatic heterocycles. The van der Waals surface area contributed by atoms with Crippen LogP contribution in [0, 0.1) is 0 Å². The van der Waals surface area contributed by atoms with Crippen LogP contribution in [-0.4, -0.2) is 64.4 Å². The van der Waals surface area contributed by atoms with E-state index in [0.717, 1.165) is 66.7 Å². The van der Waals surface area contributed by atoms with Gasteiger partial charge in [-0.25, -0.2) is 0 Å². The fourth-order valence-corrected chi connectivity index (χ4v) is 4.21. The molecule has 0 atom stereocenters.